The van der Waals surface area contributed by atoms with Crippen molar-refractivity contribution in [2.45, 2.75) is 31.7 Å². The maximum absolute atomic E-state index is 12.2. The molecule has 0 aliphatic carbocycles. The minimum atomic E-state index is -4.11. The summed E-state index contributed by atoms with van der Waals surface area (Å²) in [6.45, 7) is 5.73. The Kier molecular flexibility index (Phi) is 2.45. The van der Waals surface area contributed by atoms with Crippen LogP contribution in [-0.2, 0) is 10.9 Å². The molecule has 0 fully saturated rings. The quantitative estimate of drug-likeness (QED) is 0.561. The predicted molar refractivity (Wildman–Crippen MR) is 48.9 cm³/mol. The lowest BCUT2D eigenvalue weighted by Crippen LogP contribution is -2.09. The van der Waals surface area contributed by atoms with Gasteiger partial charge in [-0.2, -0.15) is 0 Å². The zero-order valence-electron chi connectivity index (χ0n) is 7.77. The van der Waals surface area contributed by atoms with Crippen molar-refractivity contribution in [1.82, 2.24) is 0 Å². The van der Waals surface area contributed by atoms with Gasteiger partial charge in [-0.25, -0.2) is 0 Å². The van der Waals surface area contributed by atoms with Gasteiger partial charge in [0.2, 0.25) is 0 Å². The van der Waals surface area contributed by atoms with Gasteiger partial charge in [0, 0.05) is 5.56 Å². The van der Waals surface area contributed by atoms with Gasteiger partial charge in [0.25, 0.3) is 0 Å². The van der Waals surface area contributed by atoms with Crippen LogP contribution in [0.4, 0.5) is 13.2 Å². The first-order valence-corrected chi connectivity index (χ1v) is 5.25. The molecule has 0 aliphatic rings. The molecule has 1 aromatic heterocycles. The fraction of sp³-hybridized carbons (Fsp3) is 0.556. The van der Waals surface area contributed by atoms with Crippen LogP contribution in [0.25, 0.3) is 0 Å². The first kappa shape index (κ1) is 10.6. The molecule has 0 saturated carbocycles. The molecule has 1 heterocycles. The highest BCUT2D eigenvalue weighted by atomic mass is 32.2. The number of hydrogen-bond donors (Lipinski definition) is 0. The molecular weight excluding hydrogens is 197 g/mol. The SMILES string of the molecule is CC(C)(C)c1cc[s+](C(F)(F)F)c1. The van der Waals surface area contributed by atoms with Gasteiger partial charge in [-0.1, -0.05) is 20.8 Å². The van der Waals surface area contributed by atoms with E-state index in [1.165, 1.54) is 10.8 Å². The summed E-state index contributed by atoms with van der Waals surface area (Å²) in [5.41, 5.74) is -3.53. The van der Waals surface area contributed by atoms with Crippen LogP contribution in [0.5, 0.6) is 0 Å². The molecule has 0 nitrogen and oxygen atoms in total. The highest BCUT2D eigenvalue weighted by Crippen LogP contribution is 2.44. The molecule has 1 unspecified atom stereocenters. The first-order valence-electron chi connectivity index (χ1n) is 3.90. The van der Waals surface area contributed by atoms with Gasteiger partial charge in [0.05, 0.1) is 10.5 Å². The fourth-order valence-electron chi connectivity index (χ4n) is 0.933. The topological polar surface area (TPSA) is 0 Å². The average molecular weight is 209 g/mol. The summed E-state index contributed by atoms with van der Waals surface area (Å²) in [6, 6.07) is 1.58. The maximum Gasteiger partial charge on any atom is 0.600 e. The monoisotopic (exact) mass is 209 g/mol. The van der Waals surface area contributed by atoms with Crippen molar-refractivity contribution in [2.24, 2.45) is 0 Å². The zero-order valence-corrected chi connectivity index (χ0v) is 8.59. The van der Waals surface area contributed by atoms with Crippen molar-refractivity contribution in [3.63, 3.8) is 0 Å². The number of rotatable bonds is 0. The van der Waals surface area contributed by atoms with Crippen LogP contribution >= 0.6 is 10.5 Å². The molecule has 0 aliphatic heterocycles. The summed E-state index contributed by atoms with van der Waals surface area (Å²) < 4.78 is 36.7. The van der Waals surface area contributed by atoms with Crippen molar-refractivity contribution < 1.29 is 13.2 Å². The van der Waals surface area contributed by atoms with Gasteiger partial charge in [-0.15, -0.1) is 13.2 Å². The second-order valence-electron chi connectivity index (χ2n) is 3.94. The average Bonchev–Trinajstić information content (AvgIpc) is 2.28. The van der Waals surface area contributed by atoms with Gasteiger partial charge < -0.3 is 0 Å². The Morgan fingerprint density at radius 3 is 1.92 bits per heavy atom. The van der Waals surface area contributed by atoms with E-state index in [0.29, 0.717) is 0 Å². The third-order valence-corrected chi connectivity index (χ3v) is 3.25. The molecule has 13 heavy (non-hydrogen) atoms. The molecule has 0 N–H and O–H groups in total. The van der Waals surface area contributed by atoms with E-state index in [1.54, 1.807) is 6.07 Å². The molecule has 1 rings (SSSR count). The van der Waals surface area contributed by atoms with Crippen LogP contribution in [-0.4, -0.2) is 0 Å². The van der Waals surface area contributed by atoms with Crippen LogP contribution in [0.2, 0.25) is 0 Å². The van der Waals surface area contributed by atoms with Gasteiger partial charge >= 0.3 is 5.51 Å². The zero-order chi connectivity index (χ0) is 10.3. The van der Waals surface area contributed by atoms with Crippen molar-refractivity contribution in [3.05, 3.63) is 22.4 Å². The van der Waals surface area contributed by atoms with E-state index in [-0.39, 0.29) is 5.41 Å². The first-order chi connectivity index (χ1) is 5.71. The van der Waals surface area contributed by atoms with Crippen LogP contribution in [0, 0.1) is 0 Å². The van der Waals surface area contributed by atoms with Gasteiger partial charge in [-0.3, -0.25) is 0 Å². The Morgan fingerprint density at radius 2 is 1.69 bits per heavy atom. The van der Waals surface area contributed by atoms with E-state index >= 15 is 0 Å². The van der Waals surface area contributed by atoms with E-state index in [2.05, 4.69) is 0 Å². The van der Waals surface area contributed by atoms with Crippen LogP contribution in [0.15, 0.2) is 16.8 Å². The van der Waals surface area contributed by atoms with E-state index < -0.39 is 16.0 Å². The summed E-state index contributed by atoms with van der Waals surface area (Å²) in [7, 11) is -1.66. The fourth-order valence-corrected chi connectivity index (χ4v) is 2.30. The minimum absolute atomic E-state index is 0.191. The molecule has 0 bridgehead atoms. The standard InChI is InChI=1S/C9H12F3S/c1-8(2,3)7-4-5-13(6-7)9(10,11)12/h4-6H,1-3H3/q+1. The van der Waals surface area contributed by atoms with E-state index in [9.17, 15) is 13.2 Å². The molecule has 4 heteroatoms. The molecule has 0 aromatic carbocycles. The van der Waals surface area contributed by atoms with E-state index in [1.807, 2.05) is 20.8 Å². The molecule has 0 radical (unpaired) electrons. The van der Waals surface area contributed by atoms with E-state index in [4.69, 9.17) is 0 Å². The summed E-state index contributed by atoms with van der Waals surface area (Å²) in [6.07, 6.45) is 0. The highest BCUT2D eigenvalue weighted by molar-refractivity contribution is 7.29. The third kappa shape index (κ3) is 2.46. The van der Waals surface area contributed by atoms with Gasteiger partial charge in [0.15, 0.2) is 5.38 Å². The molecule has 1 atom stereocenters. The maximum atomic E-state index is 12.2. The molecule has 1 aromatic rings. The normalized spacial score (nSPS) is 14.8. The van der Waals surface area contributed by atoms with Crippen molar-refractivity contribution in [1.29, 1.82) is 0 Å². The van der Waals surface area contributed by atoms with Crippen LogP contribution in [0.1, 0.15) is 26.3 Å². The van der Waals surface area contributed by atoms with Crippen molar-refractivity contribution >= 4 is 10.5 Å². The number of hydrogen-bond acceptors (Lipinski definition) is 0. The second kappa shape index (κ2) is 3.01. The Hall–Kier alpha value is -0.510. The third-order valence-electron chi connectivity index (χ3n) is 1.78. The van der Waals surface area contributed by atoms with E-state index in [0.717, 1.165) is 5.56 Å². The Morgan fingerprint density at radius 1 is 1.15 bits per heavy atom. The number of halogens is 3. The highest BCUT2D eigenvalue weighted by Gasteiger charge is 2.43. The molecular formula is C9H12F3S+. The molecule has 74 valence electrons. The van der Waals surface area contributed by atoms with Crippen molar-refractivity contribution in [2.75, 3.05) is 0 Å². The Bertz CT molecular complexity index is 262. The molecule has 0 amide bonds. The lowest BCUT2D eigenvalue weighted by molar-refractivity contribution is -0.0869. The number of thiophene rings is 1. The Balaban J connectivity index is 3.01. The second-order valence-corrected chi connectivity index (χ2v) is 5.66. The van der Waals surface area contributed by atoms with Crippen LogP contribution < -0.4 is 0 Å². The summed E-state index contributed by atoms with van der Waals surface area (Å²) in [5, 5.41) is 2.56. The van der Waals surface area contributed by atoms with Crippen LogP contribution in [0.3, 0.4) is 0 Å². The van der Waals surface area contributed by atoms with Gasteiger partial charge in [0.1, 0.15) is 5.38 Å². The lowest BCUT2D eigenvalue weighted by atomic mass is 9.90. The number of alkyl halides is 3. The summed E-state index contributed by atoms with van der Waals surface area (Å²) >= 11 is 0. The minimum Gasteiger partial charge on any atom is -0.118 e. The molecule has 0 saturated heterocycles. The smallest absolute Gasteiger partial charge is 0.118 e. The largest absolute Gasteiger partial charge is 0.600 e. The summed E-state index contributed by atoms with van der Waals surface area (Å²) in [4.78, 5) is 0. The lowest BCUT2D eigenvalue weighted by Gasteiger charge is -2.13. The Labute approximate surface area is 78.4 Å². The molecule has 0 spiro atoms. The predicted octanol–water partition coefficient (Wildman–Crippen LogP) is 4.21. The summed E-state index contributed by atoms with van der Waals surface area (Å²) in [5.74, 6) is 0. The van der Waals surface area contributed by atoms with Gasteiger partial charge in [-0.05, 0) is 11.5 Å². The van der Waals surface area contributed by atoms with Crippen molar-refractivity contribution in [3.8, 4) is 0 Å².